The maximum Gasteiger partial charge on any atom is 0.362 e. The molecular weight excluding hydrogens is 654 g/mol. The summed E-state index contributed by atoms with van der Waals surface area (Å²) in [4.78, 5) is 36.8. The first-order valence-corrected chi connectivity index (χ1v) is 20.7. The van der Waals surface area contributed by atoms with Gasteiger partial charge in [0.25, 0.3) is 0 Å². The summed E-state index contributed by atoms with van der Waals surface area (Å²) < 4.78 is 17.2. The Hall–Kier alpha value is -2.71. The van der Waals surface area contributed by atoms with E-state index in [-0.39, 0.29) is 42.7 Å². The van der Waals surface area contributed by atoms with Gasteiger partial charge in [-0.15, -0.1) is 0 Å². The zero-order chi connectivity index (χ0) is 38.5. The van der Waals surface area contributed by atoms with Crippen molar-refractivity contribution in [2.24, 2.45) is 0 Å². The van der Waals surface area contributed by atoms with E-state index in [4.69, 9.17) is 14.2 Å². The van der Waals surface area contributed by atoms with Gasteiger partial charge in [-0.25, -0.2) is 4.79 Å². The highest BCUT2D eigenvalue weighted by atomic mass is 16.6. The number of nitrogens with zero attached hydrogens (tertiary/aromatic N) is 1. The Morgan fingerprint density at radius 3 is 1.67 bits per heavy atom. The molecule has 8 heteroatoms. The Morgan fingerprint density at radius 1 is 0.596 bits per heavy atom. The number of unbranched alkanes of at least 4 members (excludes halogenated alkanes) is 14. The van der Waals surface area contributed by atoms with Crippen molar-refractivity contribution in [1.29, 1.82) is 0 Å². The normalized spacial score (nSPS) is 13.5. The summed E-state index contributed by atoms with van der Waals surface area (Å²) in [5, 5.41) is 9.59. The zero-order valence-electron chi connectivity index (χ0n) is 34.0. The molecule has 300 valence electrons. The Balaban J connectivity index is 4.42. The molecule has 8 nitrogen and oxygen atoms in total. The zero-order valence-corrected chi connectivity index (χ0v) is 34.0. The molecule has 0 amide bonds. The Bertz CT molecular complexity index is 995. The summed E-state index contributed by atoms with van der Waals surface area (Å²) in [6.45, 7) is 4.54. The number of ether oxygens (including phenoxy) is 3. The lowest BCUT2D eigenvalue weighted by atomic mass is 10.1. The molecule has 0 aliphatic carbocycles. The van der Waals surface area contributed by atoms with Crippen molar-refractivity contribution in [3.63, 3.8) is 0 Å². The highest BCUT2D eigenvalue weighted by Gasteiger charge is 2.31. The third kappa shape index (κ3) is 33.1. The number of aliphatic carboxylic acids is 1. The molecule has 0 aromatic heterocycles. The molecule has 0 spiro atoms. The molecule has 2 atom stereocenters. The van der Waals surface area contributed by atoms with Gasteiger partial charge >= 0.3 is 17.9 Å². The number of allylic oxidation sites excluding steroid dienone is 8. The van der Waals surface area contributed by atoms with Crippen LogP contribution in [0.2, 0.25) is 0 Å². The monoisotopic (exact) mass is 733 g/mol. The van der Waals surface area contributed by atoms with Crippen LogP contribution in [0.4, 0.5) is 0 Å². The van der Waals surface area contributed by atoms with Gasteiger partial charge < -0.3 is 23.8 Å². The minimum absolute atomic E-state index is 0.0429. The lowest BCUT2D eigenvalue weighted by Crippen LogP contribution is -2.50. The number of rotatable bonds is 36. The van der Waals surface area contributed by atoms with Crippen LogP contribution in [0, 0.1) is 0 Å². The van der Waals surface area contributed by atoms with Gasteiger partial charge in [-0.3, -0.25) is 9.59 Å². The molecule has 0 bridgehead atoms. The lowest BCUT2D eigenvalue weighted by molar-refractivity contribution is -0.887. The van der Waals surface area contributed by atoms with Crippen LogP contribution in [0.5, 0.6) is 0 Å². The van der Waals surface area contributed by atoms with E-state index < -0.39 is 18.1 Å². The maximum atomic E-state index is 12.7. The quantitative estimate of drug-likeness (QED) is 0.0296. The SMILES string of the molecule is CC/C=C/C/C=C/C/C=C/CCCC(=O)OCC(COCCC(C(=O)O)[N+](C)(C)C)OC(=O)CCCCCCCCC/C=C/CCCCCCCC. The fraction of sp³-hybridized carbons (Fsp3) is 0.750. The van der Waals surface area contributed by atoms with Crippen molar-refractivity contribution in [1.82, 2.24) is 0 Å². The first kappa shape index (κ1) is 49.3. The van der Waals surface area contributed by atoms with Crippen LogP contribution < -0.4 is 0 Å². The number of hydrogen-bond donors (Lipinski definition) is 1. The number of carbonyl (C=O) groups is 3. The molecule has 0 aliphatic heterocycles. The average molecular weight is 733 g/mol. The molecule has 0 aromatic carbocycles. The topological polar surface area (TPSA) is 99.1 Å². The van der Waals surface area contributed by atoms with Crippen molar-refractivity contribution < 1.29 is 38.2 Å². The van der Waals surface area contributed by atoms with Crippen LogP contribution in [0.3, 0.4) is 0 Å². The third-order valence-electron chi connectivity index (χ3n) is 8.96. The lowest BCUT2D eigenvalue weighted by Gasteiger charge is -2.31. The minimum atomic E-state index is -0.884. The number of quaternary nitrogens is 1. The fourth-order valence-corrected chi connectivity index (χ4v) is 5.76. The van der Waals surface area contributed by atoms with Crippen LogP contribution in [0.15, 0.2) is 48.6 Å². The van der Waals surface area contributed by atoms with Gasteiger partial charge in [-0.2, -0.15) is 0 Å². The summed E-state index contributed by atoms with van der Waals surface area (Å²) in [7, 11) is 5.50. The van der Waals surface area contributed by atoms with Crippen LogP contribution in [0.25, 0.3) is 0 Å². The van der Waals surface area contributed by atoms with Gasteiger partial charge in [-0.05, 0) is 64.2 Å². The molecule has 52 heavy (non-hydrogen) atoms. The number of carbonyl (C=O) groups excluding carboxylic acids is 2. The Morgan fingerprint density at radius 2 is 1.10 bits per heavy atom. The third-order valence-corrected chi connectivity index (χ3v) is 8.96. The summed E-state index contributed by atoms with van der Waals surface area (Å²) in [5.41, 5.74) is 0. The van der Waals surface area contributed by atoms with Crippen LogP contribution in [0.1, 0.15) is 162 Å². The minimum Gasteiger partial charge on any atom is -0.477 e. The van der Waals surface area contributed by atoms with Gasteiger partial charge in [-0.1, -0.05) is 127 Å². The fourth-order valence-electron chi connectivity index (χ4n) is 5.76. The van der Waals surface area contributed by atoms with Crippen molar-refractivity contribution in [2.75, 3.05) is 41.0 Å². The van der Waals surface area contributed by atoms with Crippen molar-refractivity contribution in [3.05, 3.63) is 48.6 Å². The predicted octanol–water partition coefficient (Wildman–Crippen LogP) is 10.9. The van der Waals surface area contributed by atoms with Gasteiger partial charge in [0.05, 0.1) is 34.4 Å². The molecule has 0 heterocycles. The van der Waals surface area contributed by atoms with Crippen LogP contribution >= 0.6 is 0 Å². The summed E-state index contributed by atoms with van der Waals surface area (Å²) in [6.07, 6.45) is 40.2. The van der Waals surface area contributed by atoms with Crippen molar-refractivity contribution >= 4 is 17.9 Å². The van der Waals surface area contributed by atoms with E-state index in [0.717, 1.165) is 44.9 Å². The molecule has 0 radical (unpaired) electrons. The summed E-state index contributed by atoms with van der Waals surface area (Å²) >= 11 is 0. The van der Waals surface area contributed by atoms with E-state index in [0.29, 0.717) is 19.3 Å². The first-order chi connectivity index (χ1) is 25.1. The molecule has 0 fully saturated rings. The molecule has 2 unspecified atom stereocenters. The molecule has 0 aromatic rings. The molecule has 0 saturated heterocycles. The number of hydrogen-bond acceptors (Lipinski definition) is 6. The van der Waals surface area contributed by atoms with E-state index >= 15 is 0 Å². The largest absolute Gasteiger partial charge is 0.477 e. The van der Waals surface area contributed by atoms with Crippen LogP contribution in [-0.2, 0) is 28.6 Å². The van der Waals surface area contributed by atoms with Crippen molar-refractivity contribution in [3.8, 4) is 0 Å². The summed E-state index contributed by atoms with van der Waals surface area (Å²) in [6, 6.07) is -0.622. The number of carboxylic acid groups (broad SMARTS) is 1. The predicted molar refractivity (Wildman–Crippen MR) is 215 cm³/mol. The smallest absolute Gasteiger partial charge is 0.362 e. The highest BCUT2D eigenvalue weighted by molar-refractivity contribution is 5.72. The van der Waals surface area contributed by atoms with Crippen LogP contribution in [-0.4, -0.2) is 80.6 Å². The molecule has 0 aliphatic rings. The average Bonchev–Trinajstić information content (AvgIpc) is 3.09. The van der Waals surface area contributed by atoms with E-state index in [2.05, 4.69) is 62.5 Å². The van der Waals surface area contributed by atoms with E-state index in [1.807, 2.05) is 21.1 Å². The standard InChI is InChI=1S/C44H77NO7/c1-6-8-10-12-14-16-18-19-20-21-22-23-25-27-29-31-33-35-43(47)52-40(38-50-37-36-41(44(48)49)45(3,4)5)39-51-42(46)34-32-30-28-26-24-17-15-13-11-9-7-2/h9,11,15,17,19-20,26,28,40-41H,6-8,10,12-14,16,18,21-25,27,29-39H2,1-5H3/p+1/b11-9+,17-15+,20-19+,28-26+. The second kappa shape index (κ2) is 35.3. The van der Waals surface area contributed by atoms with Gasteiger partial charge in [0.1, 0.15) is 6.61 Å². The maximum absolute atomic E-state index is 12.7. The van der Waals surface area contributed by atoms with E-state index in [9.17, 15) is 19.5 Å². The molecule has 0 rings (SSSR count). The van der Waals surface area contributed by atoms with Crippen molar-refractivity contribution in [2.45, 2.75) is 174 Å². The second-order valence-electron chi connectivity index (χ2n) is 14.9. The summed E-state index contributed by atoms with van der Waals surface area (Å²) in [5.74, 6) is -1.55. The molecular formula is C44H78NO7+. The number of carboxylic acids is 1. The Labute approximate surface area is 318 Å². The highest BCUT2D eigenvalue weighted by Crippen LogP contribution is 2.13. The van der Waals surface area contributed by atoms with Gasteiger partial charge in [0.15, 0.2) is 12.1 Å². The molecule has 1 N–H and O–H groups in total. The van der Waals surface area contributed by atoms with E-state index in [1.54, 1.807) is 0 Å². The Kier molecular flexibility index (Phi) is 33.5. The van der Waals surface area contributed by atoms with E-state index in [1.165, 1.54) is 77.0 Å². The van der Waals surface area contributed by atoms with Gasteiger partial charge in [0, 0.05) is 19.3 Å². The van der Waals surface area contributed by atoms with Gasteiger partial charge in [0.2, 0.25) is 0 Å². The first-order valence-electron chi connectivity index (χ1n) is 20.7. The molecule has 0 saturated carbocycles. The number of likely N-dealkylation sites (N-methyl/N-ethyl adjacent to an activating group) is 1. The second-order valence-corrected chi connectivity index (χ2v) is 14.9. The number of esters is 2.